The van der Waals surface area contributed by atoms with Crippen LogP contribution in [0.15, 0.2) is 36.7 Å². The van der Waals surface area contributed by atoms with Gasteiger partial charge in [0.05, 0.1) is 18.2 Å². The number of fused-ring (bicyclic) bond motifs is 1. The standard InChI is InChI=1S/C14H14N2OS/c1-10-15-7-13(18-10)8-16-5-4-12-6-11(9-17)2-3-14(12)16/h2-7,17H,8-9H2,1H3. The van der Waals surface area contributed by atoms with Crippen molar-refractivity contribution in [3.05, 3.63) is 52.1 Å². The summed E-state index contributed by atoms with van der Waals surface area (Å²) in [5.41, 5.74) is 2.15. The first-order valence-corrected chi connectivity index (χ1v) is 6.68. The second kappa shape index (κ2) is 4.55. The minimum Gasteiger partial charge on any atom is -0.392 e. The lowest BCUT2D eigenvalue weighted by molar-refractivity contribution is 0.282. The van der Waals surface area contributed by atoms with Crippen LogP contribution in [0.3, 0.4) is 0 Å². The smallest absolute Gasteiger partial charge is 0.0897 e. The molecule has 3 nitrogen and oxygen atoms in total. The largest absolute Gasteiger partial charge is 0.392 e. The normalized spacial score (nSPS) is 11.2. The average Bonchev–Trinajstić information content (AvgIpc) is 2.96. The number of benzene rings is 1. The molecule has 0 aliphatic rings. The summed E-state index contributed by atoms with van der Waals surface area (Å²) in [6.45, 7) is 2.97. The zero-order valence-electron chi connectivity index (χ0n) is 10.1. The van der Waals surface area contributed by atoms with Crippen LogP contribution < -0.4 is 0 Å². The van der Waals surface area contributed by atoms with E-state index in [4.69, 9.17) is 5.11 Å². The van der Waals surface area contributed by atoms with E-state index in [1.165, 1.54) is 15.8 Å². The number of aromatic nitrogens is 2. The van der Waals surface area contributed by atoms with E-state index in [1.54, 1.807) is 11.3 Å². The molecule has 0 fully saturated rings. The van der Waals surface area contributed by atoms with Gasteiger partial charge in [0.2, 0.25) is 0 Å². The summed E-state index contributed by atoms with van der Waals surface area (Å²) in [5.74, 6) is 0. The van der Waals surface area contributed by atoms with Crippen LogP contribution in [-0.2, 0) is 13.2 Å². The molecule has 0 radical (unpaired) electrons. The summed E-state index contributed by atoms with van der Waals surface area (Å²) in [4.78, 5) is 5.54. The summed E-state index contributed by atoms with van der Waals surface area (Å²) in [6.07, 6.45) is 4.02. The molecule has 3 aromatic rings. The molecule has 1 aromatic carbocycles. The van der Waals surface area contributed by atoms with Gasteiger partial charge in [0, 0.05) is 22.8 Å². The van der Waals surface area contributed by atoms with Gasteiger partial charge in [-0.3, -0.25) is 0 Å². The van der Waals surface area contributed by atoms with Crippen LogP contribution in [0.2, 0.25) is 0 Å². The number of hydrogen-bond acceptors (Lipinski definition) is 3. The summed E-state index contributed by atoms with van der Waals surface area (Å²) in [7, 11) is 0. The Kier molecular flexibility index (Phi) is 2.89. The molecule has 0 amide bonds. The summed E-state index contributed by atoms with van der Waals surface area (Å²) in [5, 5.41) is 11.4. The minimum absolute atomic E-state index is 0.0924. The number of thiazole rings is 1. The fourth-order valence-corrected chi connectivity index (χ4v) is 2.93. The third-order valence-electron chi connectivity index (χ3n) is 3.01. The lowest BCUT2D eigenvalue weighted by atomic mass is 10.2. The maximum absolute atomic E-state index is 9.13. The summed E-state index contributed by atoms with van der Waals surface area (Å²) >= 11 is 1.73. The first-order chi connectivity index (χ1) is 8.76. The van der Waals surface area contributed by atoms with Gasteiger partial charge in [0.1, 0.15) is 0 Å². The van der Waals surface area contributed by atoms with Crippen molar-refractivity contribution in [3.63, 3.8) is 0 Å². The first kappa shape index (κ1) is 11.4. The molecule has 18 heavy (non-hydrogen) atoms. The van der Waals surface area contributed by atoms with Gasteiger partial charge in [0.15, 0.2) is 0 Å². The zero-order chi connectivity index (χ0) is 12.5. The Balaban J connectivity index is 1.97. The molecule has 0 bridgehead atoms. The Bertz CT molecular complexity index is 684. The summed E-state index contributed by atoms with van der Waals surface area (Å²) in [6, 6.07) is 8.15. The maximum Gasteiger partial charge on any atom is 0.0897 e. The Labute approximate surface area is 109 Å². The van der Waals surface area contributed by atoms with Crippen LogP contribution in [-0.4, -0.2) is 14.7 Å². The Morgan fingerprint density at radius 2 is 2.22 bits per heavy atom. The van der Waals surface area contributed by atoms with E-state index < -0.39 is 0 Å². The molecular weight excluding hydrogens is 244 g/mol. The molecule has 2 heterocycles. The van der Waals surface area contributed by atoms with E-state index in [0.29, 0.717) is 0 Å². The van der Waals surface area contributed by atoms with E-state index in [-0.39, 0.29) is 6.61 Å². The second-order valence-corrected chi connectivity index (χ2v) is 5.66. The van der Waals surface area contributed by atoms with E-state index in [9.17, 15) is 0 Å². The molecule has 0 spiro atoms. The molecule has 0 aliphatic heterocycles. The van der Waals surface area contributed by atoms with Crippen LogP contribution >= 0.6 is 11.3 Å². The van der Waals surface area contributed by atoms with E-state index in [2.05, 4.69) is 27.9 Å². The SMILES string of the molecule is Cc1ncc(Cn2ccc3cc(CO)ccc32)s1. The number of hydrogen-bond donors (Lipinski definition) is 1. The van der Waals surface area contributed by atoms with Crippen molar-refractivity contribution in [1.29, 1.82) is 0 Å². The molecule has 1 N–H and O–H groups in total. The van der Waals surface area contributed by atoms with Gasteiger partial charge < -0.3 is 9.67 Å². The van der Waals surface area contributed by atoms with E-state index in [1.807, 2.05) is 25.3 Å². The lowest BCUT2D eigenvalue weighted by Crippen LogP contribution is -1.95. The predicted molar refractivity (Wildman–Crippen MR) is 73.8 cm³/mol. The van der Waals surface area contributed by atoms with Crippen LogP contribution in [0.5, 0.6) is 0 Å². The Hall–Kier alpha value is -1.65. The van der Waals surface area contributed by atoms with Gasteiger partial charge in [-0.05, 0) is 36.1 Å². The fourth-order valence-electron chi connectivity index (χ4n) is 2.13. The maximum atomic E-state index is 9.13. The highest BCUT2D eigenvalue weighted by Gasteiger charge is 2.04. The number of aliphatic hydroxyl groups is 1. The number of aryl methyl sites for hydroxylation is 1. The van der Waals surface area contributed by atoms with Crippen LogP contribution in [0.4, 0.5) is 0 Å². The third kappa shape index (κ3) is 2.05. The van der Waals surface area contributed by atoms with Crippen LogP contribution in [0.1, 0.15) is 15.4 Å². The van der Waals surface area contributed by atoms with Gasteiger partial charge in [-0.15, -0.1) is 11.3 Å². The first-order valence-electron chi connectivity index (χ1n) is 5.86. The molecule has 3 rings (SSSR count). The molecule has 0 atom stereocenters. The minimum atomic E-state index is 0.0924. The molecule has 0 aliphatic carbocycles. The summed E-state index contributed by atoms with van der Waals surface area (Å²) < 4.78 is 2.21. The third-order valence-corrected chi connectivity index (χ3v) is 3.91. The zero-order valence-corrected chi connectivity index (χ0v) is 10.9. The lowest BCUT2D eigenvalue weighted by Gasteiger charge is -2.03. The van der Waals surface area contributed by atoms with Gasteiger partial charge in [-0.25, -0.2) is 4.98 Å². The molecule has 0 unspecified atom stereocenters. The Morgan fingerprint density at radius 3 is 2.94 bits per heavy atom. The van der Waals surface area contributed by atoms with Crippen molar-refractivity contribution in [2.24, 2.45) is 0 Å². The highest BCUT2D eigenvalue weighted by atomic mass is 32.1. The van der Waals surface area contributed by atoms with E-state index in [0.717, 1.165) is 17.1 Å². The van der Waals surface area contributed by atoms with Crippen molar-refractivity contribution < 1.29 is 5.11 Å². The average molecular weight is 258 g/mol. The van der Waals surface area contributed by atoms with Gasteiger partial charge >= 0.3 is 0 Å². The van der Waals surface area contributed by atoms with Crippen LogP contribution in [0, 0.1) is 6.92 Å². The molecule has 2 aromatic heterocycles. The fraction of sp³-hybridized carbons (Fsp3) is 0.214. The monoisotopic (exact) mass is 258 g/mol. The van der Waals surface area contributed by atoms with Crippen molar-refractivity contribution in [2.75, 3.05) is 0 Å². The number of nitrogens with zero attached hydrogens (tertiary/aromatic N) is 2. The topological polar surface area (TPSA) is 38.0 Å². The molecular formula is C14H14N2OS. The predicted octanol–water partition coefficient (Wildman–Crippen LogP) is 2.95. The quantitative estimate of drug-likeness (QED) is 0.784. The molecule has 0 saturated carbocycles. The van der Waals surface area contributed by atoms with Crippen molar-refractivity contribution in [2.45, 2.75) is 20.1 Å². The van der Waals surface area contributed by atoms with Crippen molar-refractivity contribution >= 4 is 22.2 Å². The second-order valence-electron chi connectivity index (χ2n) is 4.34. The Morgan fingerprint density at radius 1 is 1.33 bits per heavy atom. The number of rotatable bonds is 3. The van der Waals surface area contributed by atoms with E-state index >= 15 is 0 Å². The van der Waals surface area contributed by atoms with Gasteiger partial charge in [-0.1, -0.05) is 6.07 Å². The number of aliphatic hydroxyl groups excluding tert-OH is 1. The van der Waals surface area contributed by atoms with Gasteiger partial charge in [-0.2, -0.15) is 0 Å². The highest BCUT2D eigenvalue weighted by molar-refractivity contribution is 7.11. The van der Waals surface area contributed by atoms with Gasteiger partial charge in [0.25, 0.3) is 0 Å². The molecule has 0 saturated heterocycles. The van der Waals surface area contributed by atoms with Crippen molar-refractivity contribution in [3.8, 4) is 0 Å². The highest BCUT2D eigenvalue weighted by Crippen LogP contribution is 2.21. The van der Waals surface area contributed by atoms with Crippen LogP contribution in [0.25, 0.3) is 10.9 Å². The van der Waals surface area contributed by atoms with Crippen molar-refractivity contribution in [1.82, 2.24) is 9.55 Å². The molecule has 4 heteroatoms. The molecule has 92 valence electrons.